The van der Waals surface area contributed by atoms with E-state index in [1.54, 1.807) is 6.08 Å². The predicted molar refractivity (Wildman–Crippen MR) is 133 cm³/mol. The van der Waals surface area contributed by atoms with E-state index in [1.807, 2.05) is 36.0 Å². The Morgan fingerprint density at radius 1 is 1.45 bits per heavy atom. The van der Waals surface area contributed by atoms with Crippen LogP contribution in [0.3, 0.4) is 0 Å². The van der Waals surface area contributed by atoms with Crippen molar-refractivity contribution < 1.29 is 14.3 Å². The molecule has 1 aliphatic heterocycles. The van der Waals surface area contributed by atoms with Crippen LogP contribution in [0.1, 0.15) is 39.2 Å². The smallest absolute Gasteiger partial charge is 0.261 e. The van der Waals surface area contributed by atoms with Gasteiger partial charge in [0.1, 0.15) is 18.2 Å². The van der Waals surface area contributed by atoms with E-state index < -0.39 is 26.8 Å². The van der Waals surface area contributed by atoms with E-state index in [9.17, 15) is 9.90 Å². The first-order chi connectivity index (χ1) is 14.3. The zero-order valence-electron chi connectivity index (χ0n) is 19.3. The highest BCUT2D eigenvalue weighted by atomic mass is 127. The summed E-state index contributed by atoms with van der Waals surface area (Å²) in [6, 6.07) is 0. The molecule has 10 heteroatoms. The lowest BCUT2D eigenvalue weighted by Gasteiger charge is -2.37. The number of aliphatic hydroxyl groups excluding tert-OH is 1. The standard InChI is InChI=1S/C21H33IN4O4Si/c1-21(2,3)31(6,7)29-12-15-14(27)10-17(30-15)26-11-13(22)18-19(26)23-16(24-20(18)28)8-9-25(4)5/h8-9,11,14-15,17,27H,10,12H2,1-7H3,(H,23,24,28)/b9-8-/t14?,15-,17-/m1/s1. The van der Waals surface area contributed by atoms with E-state index in [-0.39, 0.29) is 10.6 Å². The molecule has 2 N–H and O–H groups in total. The summed E-state index contributed by atoms with van der Waals surface area (Å²) in [5.41, 5.74) is 0.359. The highest BCUT2D eigenvalue weighted by Gasteiger charge is 2.41. The largest absolute Gasteiger partial charge is 0.414 e. The van der Waals surface area contributed by atoms with Gasteiger partial charge in [-0.2, -0.15) is 0 Å². The maximum atomic E-state index is 12.7. The quantitative estimate of drug-likeness (QED) is 0.415. The first-order valence-corrected chi connectivity index (χ1v) is 14.4. The number of rotatable bonds is 6. The lowest BCUT2D eigenvalue weighted by molar-refractivity contribution is -0.0403. The molecule has 2 aromatic rings. The van der Waals surface area contributed by atoms with Crippen molar-refractivity contribution in [3.05, 3.63) is 32.1 Å². The molecule has 31 heavy (non-hydrogen) atoms. The van der Waals surface area contributed by atoms with Crippen molar-refractivity contribution in [2.45, 2.75) is 63.8 Å². The molecule has 1 fully saturated rings. The van der Waals surface area contributed by atoms with Crippen LogP contribution in [-0.2, 0) is 9.16 Å². The molecule has 0 aromatic carbocycles. The lowest BCUT2D eigenvalue weighted by atomic mass is 10.2. The molecule has 1 unspecified atom stereocenters. The van der Waals surface area contributed by atoms with Crippen LogP contribution in [0.5, 0.6) is 0 Å². The third-order valence-electron chi connectivity index (χ3n) is 6.11. The summed E-state index contributed by atoms with van der Waals surface area (Å²) in [5.74, 6) is 0.471. The average molecular weight is 561 g/mol. The monoisotopic (exact) mass is 560 g/mol. The molecule has 8 nitrogen and oxygen atoms in total. The fraction of sp³-hybridized carbons (Fsp3) is 0.619. The molecule has 0 amide bonds. The summed E-state index contributed by atoms with van der Waals surface area (Å²) in [7, 11) is 1.86. The number of hydrogen-bond donors (Lipinski definition) is 2. The molecule has 172 valence electrons. The Labute approximate surface area is 197 Å². The predicted octanol–water partition coefficient (Wildman–Crippen LogP) is 3.53. The Kier molecular flexibility index (Phi) is 7.07. The fourth-order valence-electron chi connectivity index (χ4n) is 3.19. The van der Waals surface area contributed by atoms with Gasteiger partial charge < -0.3 is 28.7 Å². The van der Waals surface area contributed by atoms with Gasteiger partial charge >= 0.3 is 0 Å². The number of hydrogen-bond acceptors (Lipinski definition) is 6. The molecule has 3 rings (SSSR count). The van der Waals surface area contributed by atoms with E-state index in [1.165, 1.54) is 0 Å². The topological polar surface area (TPSA) is 92.6 Å². The summed E-state index contributed by atoms with van der Waals surface area (Å²) in [5, 5.41) is 11.3. The molecule has 3 heterocycles. The number of ether oxygens (including phenoxy) is 1. The van der Waals surface area contributed by atoms with E-state index >= 15 is 0 Å². The van der Waals surface area contributed by atoms with Crippen LogP contribution in [0.2, 0.25) is 18.1 Å². The van der Waals surface area contributed by atoms with Crippen LogP contribution in [0.25, 0.3) is 17.1 Å². The van der Waals surface area contributed by atoms with E-state index in [0.717, 1.165) is 3.57 Å². The molecule has 1 aliphatic rings. The summed E-state index contributed by atoms with van der Waals surface area (Å²) in [6.07, 6.45) is 4.40. The van der Waals surface area contributed by atoms with Crippen LogP contribution in [-0.4, -0.2) is 65.8 Å². The summed E-state index contributed by atoms with van der Waals surface area (Å²) in [6.45, 7) is 11.3. The number of fused-ring (bicyclic) bond motifs is 1. The normalized spacial score (nSPS) is 22.7. The van der Waals surface area contributed by atoms with Crippen molar-refractivity contribution in [2.75, 3.05) is 20.7 Å². The van der Waals surface area contributed by atoms with E-state index in [0.29, 0.717) is 29.9 Å². The van der Waals surface area contributed by atoms with Gasteiger partial charge in [-0.3, -0.25) is 4.79 Å². The zero-order chi connectivity index (χ0) is 23.1. The molecule has 1 saturated heterocycles. The Bertz CT molecular complexity index is 1020. The summed E-state index contributed by atoms with van der Waals surface area (Å²) >= 11 is 2.14. The minimum absolute atomic E-state index is 0.0874. The number of H-pyrrole nitrogens is 1. The minimum atomic E-state index is -1.94. The molecule has 0 radical (unpaired) electrons. The first-order valence-electron chi connectivity index (χ1n) is 10.4. The highest BCUT2D eigenvalue weighted by Crippen LogP contribution is 2.38. The van der Waals surface area contributed by atoms with Crippen LogP contribution >= 0.6 is 22.6 Å². The Hall–Kier alpha value is -1.21. The molecular formula is C21H33IN4O4Si. The fourth-order valence-corrected chi connectivity index (χ4v) is 4.99. The number of aliphatic hydroxyl groups is 1. The molecule has 0 bridgehead atoms. The highest BCUT2D eigenvalue weighted by molar-refractivity contribution is 14.1. The second-order valence-corrected chi connectivity index (χ2v) is 15.8. The van der Waals surface area contributed by atoms with Gasteiger partial charge in [0.25, 0.3) is 5.56 Å². The summed E-state index contributed by atoms with van der Waals surface area (Å²) in [4.78, 5) is 22.0. The minimum Gasteiger partial charge on any atom is -0.414 e. The van der Waals surface area contributed by atoms with Crippen LogP contribution < -0.4 is 5.56 Å². The zero-order valence-corrected chi connectivity index (χ0v) is 22.4. The second-order valence-electron chi connectivity index (χ2n) is 9.82. The van der Waals surface area contributed by atoms with Crippen molar-refractivity contribution in [2.24, 2.45) is 0 Å². The molecule has 2 aromatic heterocycles. The van der Waals surface area contributed by atoms with Crippen molar-refractivity contribution in [3.63, 3.8) is 0 Å². The van der Waals surface area contributed by atoms with E-state index in [2.05, 4.69) is 66.4 Å². The first kappa shape index (κ1) is 24.4. The van der Waals surface area contributed by atoms with Gasteiger partial charge in [0, 0.05) is 36.5 Å². The maximum absolute atomic E-state index is 12.7. The number of nitrogens with one attached hydrogen (secondary N) is 1. The molecular weight excluding hydrogens is 527 g/mol. The van der Waals surface area contributed by atoms with Crippen LogP contribution in [0.15, 0.2) is 17.2 Å². The van der Waals surface area contributed by atoms with Crippen molar-refractivity contribution in [1.82, 2.24) is 19.4 Å². The number of aromatic amines is 1. The van der Waals surface area contributed by atoms with Gasteiger partial charge in [-0.05, 0) is 46.8 Å². The Morgan fingerprint density at radius 3 is 2.74 bits per heavy atom. The van der Waals surface area contributed by atoms with Gasteiger partial charge in [0.05, 0.1) is 18.1 Å². The Balaban J connectivity index is 1.86. The van der Waals surface area contributed by atoms with Crippen LogP contribution in [0.4, 0.5) is 0 Å². The summed E-state index contributed by atoms with van der Waals surface area (Å²) < 4.78 is 15.1. The van der Waals surface area contributed by atoms with Crippen molar-refractivity contribution >= 4 is 48.0 Å². The number of halogens is 1. The molecule has 0 spiro atoms. The Morgan fingerprint density at radius 2 is 2.13 bits per heavy atom. The van der Waals surface area contributed by atoms with Gasteiger partial charge in [-0.15, -0.1) is 0 Å². The van der Waals surface area contributed by atoms with Crippen molar-refractivity contribution in [1.29, 1.82) is 0 Å². The van der Waals surface area contributed by atoms with Gasteiger partial charge in [-0.1, -0.05) is 20.8 Å². The molecule has 3 atom stereocenters. The maximum Gasteiger partial charge on any atom is 0.261 e. The molecule has 0 saturated carbocycles. The SMILES string of the molecule is CN(C)/C=C\c1nc2c(c(I)cn2[C@H]2CC(O)[C@@H](CO[Si](C)(C)C(C)(C)C)O2)c(=O)[nH]1. The van der Waals surface area contributed by atoms with Gasteiger partial charge in [-0.25, -0.2) is 4.98 Å². The van der Waals surface area contributed by atoms with Crippen molar-refractivity contribution in [3.8, 4) is 0 Å². The average Bonchev–Trinajstić information content (AvgIpc) is 3.17. The number of nitrogens with zero attached hydrogens (tertiary/aromatic N) is 3. The molecule has 0 aliphatic carbocycles. The van der Waals surface area contributed by atoms with E-state index in [4.69, 9.17) is 9.16 Å². The van der Waals surface area contributed by atoms with Gasteiger partial charge in [0.2, 0.25) is 0 Å². The van der Waals surface area contributed by atoms with Crippen LogP contribution in [0, 0.1) is 3.57 Å². The number of aromatic nitrogens is 3. The third kappa shape index (κ3) is 5.24. The third-order valence-corrected chi connectivity index (χ3v) is 11.4. The lowest BCUT2D eigenvalue weighted by Crippen LogP contribution is -2.43. The second kappa shape index (κ2) is 8.97. The van der Waals surface area contributed by atoms with Gasteiger partial charge in [0.15, 0.2) is 14.0 Å².